The van der Waals surface area contributed by atoms with Crippen LogP contribution in [0.4, 0.5) is 10.5 Å². The van der Waals surface area contributed by atoms with Crippen LogP contribution in [-0.2, 0) is 14.3 Å². The van der Waals surface area contributed by atoms with Crippen molar-refractivity contribution in [3.63, 3.8) is 0 Å². The van der Waals surface area contributed by atoms with Gasteiger partial charge >= 0.3 is 12.0 Å². The Bertz CT molecular complexity index is 518. The molecule has 7 heteroatoms. The van der Waals surface area contributed by atoms with Crippen LogP contribution in [0, 0.1) is 0 Å². The Morgan fingerprint density at radius 2 is 1.92 bits per heavy atom. The van der Waals surface area contributed by atoms with E-state index in [2.05, 4.69) is 15.0 Å². The average molecular weight is 335 g/mol. The lowest BCUT2D eigenvalue weighted by molar-refractivity contribution is -0.140. The van der Waals surface area contributed by atoms with E-state index in [1.807, 2.05) is 30.3 Å². The number of amides is 2. The first kappa shape index (κ1) is 18.2. The number of urea groups is 1. The van der Waals surface area contributed by atoms with Crippen LogP contribution in [0.3, 0.4) is 0 Å². The normalized spacial score (nSPS) is 14.9. The third-order valence-electron chi connectivity index (χ3n) is 3.92. The molecule has 1 aromatic carbocycles. The first-order chi connectivity index (χ1) is 11.7. The van der Waals surface area contributed by atoms with Crippen molar-refractivity contribution in [1.82, 2.24) is 9.80 Å². The molecule has 1 fully saturated rings. The number of hydrogen-bond donors (Lipinski definition) is 1. The minimum Gasteiger partial charge on any atom is -0.469 e. The summed E-state index contributed by atoms with van der Waals surface area (Å²) >= 11 is 0. The molecule has 0 radical (unpaired) electrons. The number of esters is 1. The molecule has 24 heavy (non-hydrogen) atoms. The molecule has 1 aliphatic rings. The zero-order chi connectivity index (χ0) is 17.2. The molecule has 0 aliphatic carbocycles. The second-order valence-electron chi connectivity index (χ2n) is 5.56. The molecule has 2 rings (SSSR count). The van der Waals surface area contributed by atoms with E-state index < -0.39 is 0 Å². The number of hydrogen-bond acceptors (Lipinski definition) is 5. The molecular formula is C17H25N3O4. The van der Waals surface area contributed by atoms with E-state index in [4.69, 9.17) is 4.74 Å². The van der Waals surface area contributed by atoms with Crippen LogP contribution in [0.1, 0.15) is 6.42 Å². The number of para-hydroxylation sites is 1. The van der Waals surface area contributed by atoms with Crippen molar-refractivity contribution in [3.05, 3.63) is 30.3 Å². The Kier molecular flexibility index (Phi) is 7.51. The zero-order valence-corrected chi connectivity index (χ0v) is 14.1. The molecule has 2 amide bonds. The van der Waals surface area contributed by atoms with Gasteiger partial charge in [0.2, 0.25) is 0 Å². The fourth-order valence-corrected chi connectivity index (χ4v) is 2.45. The van der Waals surface area contributed by atoms with Crippen LogP contribution >= 0.6 is 0 Å². The Morgan fingerprint density at radius 1 is 1.21 bits per heavy atom. The second-order valence-corrected chi connectivity index (χ2v) is 5.56. The summed E-state index contributed by atoms with van der Waals surface area (Å²) < 4.78 is 10.00. The standard InChI is InChI=1S/C17H25N3O4/c1-23-16(21)7-8-20(10-9-19-11-13-24-14-12-19)17(22)18-15-5-3-2-4-6-15/h2-6H,7-14H2,1H3,(H,18,22). The van der Waals surface area contributed by atoms with E-state index >= 15 is 0 Å². The predicted molar refractivity (Wildman–Crippen MR) is 90.9 cm³/mol. The maximum absolute atomic E-state index is 12.5. The molecule has 1 aliphatic heterocycles. The maximum atomic E-state index is 12.5. The minimum absolute atomic E-state index is 0.182. The molecule has 1 N–H and O–H groups in total. The Balaban J connectivity index is 1.89. The van der Waals surface area contributed by atoms with Crippen molar-refractivity contribution in [3.8, 4) is 0 Å². The van der Waals surface area contributed by atoms with Gasteiger partial charge in [-0.05, 0) is 12.1 Å². The fraction of sp³-hybridized carbons (Fsp3) is 0.529. The van der Waals surface area contributed by atoms with Crippen LogP contribution in [0.25, 0.3) is 0 Å². The first-order valence-electron chi connectivity index (χ1n) is 8.17. The van der Waals surface area contributed by atoms with E-state index in [1.54, 1.807) is 4.90 Å². The number of carbonyl (C=O) groups excluding carboxylic acids is 2. The molecule has 0 atom stereocenters. The van der Waals surface area contributed by atoms with Crippen molar-refractivity contribution in [2.75, 3.05) is 58.4 Å². The van der Waals surface area contributed by atoms with Crippen LogP contribution < -0.4 is 5.32 Å². The van der Waals surface area contributed by atoms with Gasteiger partial charge in [-0.25, -0.2) is 4.79 Å². The van der Waals surface area contributed by atoms with E-state index in [0.29, 0.717) is 13.1 Å². The molecule has 0 bridgehead atoms. The smallest absolute Gasteiger partial charge is 0.321 e. The van der Waals surface area contributed by atoms with Gasteiger partial charge in [-0.3, -0.25) is 9.69 Å². The summed E-state index contributed by atoms with van der Waals surface area (Å²) in [6.45, 7) is 4.81. The van der Waals surface area contributed by atoms with E-state index in [0.717, 1.165) is 38.5 Å². The minimum atomic E-state index is -0.320. The number of nitrogens with one attached hydrogen (secondary N) is 1. The molecule has 132 valence electrons. The number of anilines is 1. The molecule has 0 unspecified atom stereocenters. The highest BCUT2D eigenvalue weighted by atomic mass is 16.5. The Morgan fingerprint density at radius 3 is 2.58 bits per heavy atom. The number of rotatable bonds is 7. The van der Waals surface area contributed by atoms with Crippen LogP contribution in [0.15, 0.2) is 30.3 Å². The molecule has 0 saturated carbocycles. The van der Waals surface area contributed by atoms with Gasteiger partial charge in [0.15, 0.2) is 0 Å². The zero-order valence-electron chi connectivity index (χ0n) is 14.1. The highest BCUT2D eigenvalue weighted by Crippen LogP contribution is 2.08. The Hall–Kier alpha value is -2.12. The number of benzene rings is 1. The van der Waals surface area contributed by atoms with Crippen molar-refractivity contribution < 1.29 is 19.1 Å². The number of nitrogens with zero attached hydrogens (tertiary/aromatic N) is 2. The molecule has 0 spiro atoms. The highest BCUT2D eigenvalue weighted by Gasteiger charge is 2.18. The first-order valence-corrected chi connectivity index (χ1v) is 8.17. The van der Waals surface area contributed by atoms with E-state index in [-0.39, 0.29) is 18.4 Å². The van der Waals surface area contributed by atoms with Crippen molar-refractivity contribution in [2.24, 2.45) is 0 Å². The number of ether oxygens (including phenoxy) is 2. The largest absolute Gasteiger partial charge is 0.469 e. The number of morpholine rings is 1. The lowest BCUT2D eigenvalue weighted by Crippen LogP contribution is -2.44. The SMILES string of the molecule is COC(=O)CCN(CCN1CCOCC1)C(=O)Nc1ccccc1. The van der Waals surface area contributed by atoms with Gasteiger partial charge in [-0.1, -0.05) is 18.2 Å². The van der Waals surface area contributed by atoms with Gasteiger partial charge in [0.1, 0.15) is 0 Å². The van der Waals surface area contributed by atoms with Crippen molar-refractivity contribution in [1.29, 1.82) is 0 Å². The fourth-order valence-electron chi connectivity index (χ4n) is 2.45. The third-order valence-corrected chi connectivity index (χ3v) is 3.92. The lowest BCUT2D eigenvalue weighted by atomic mass is 10.3. The molecule has 7 nitrogen and oxygen atoms in total. The topological polar surface area (TPSA) is 71.1 Å². The van der Waals surface area contributed by atoms with E-state index in [9.17, 15) is 9.59 Å². The summed E-state index contributed by atoms with van der Waals surface area (Å²) in [6.07, 6.45) is 0.182. The summed E-state index contributed by atoms with van der Waals surface area (Å²) in [5, 5.41) is 2.86. The highest BCUT2D eigenvalue weighted by molar-refractivity contribution is 5.89. The molecular weight excluding hydrogens is 310 g/mol. The average Bonchev–Trinajstić information content (AvgIpc) is 2.63. The van der Waals surface area contributed by atoms with Gasteiger partial charge in [0.25, 0.3) is 0 Å². The van der Waals surface area contributed by atoms with Gasteiger partial charge in [-0.2, -0.15) is 0 Å². The predicted octanol–water partition coefficient (Wildman–Crippen LogP) is 1.42. The van der Waals surface area contributed by atoms with Gasteiger partial charge in [-0.15, -0.1) is 0 Å². The third kappa shape index (κ3) is 6.17. The van der Waals surface area contributed by atoms with E-state index in [1.165, 1.54) is 7.11 Å². The molecule has 1 aromatic rings. The van der Waals surface area contributed by atoms with Gasteiger partial charge in [0.05, 0.1) is 26.7 Å². The van der Waals surface area contributed by atoms with Crippen molar-refractivity contribution >= 4 is 17.7 Å². The summed E-state index contributed by atoms with van der Waals surface area (Å²) in [5.41, 5.74) is 0.733. The molecule has 1 saturated heterocycles. The number of carbonyl (C=O) groups is 2. The second kappa shape index (κ2) is 9.89. The maximum Gasteiger partial charge on any atom is 0.321 e. The summed E-state index contributed by atoms with van der Waals surface area (Å²) in [4.78, 5) is 27.8. The Labute approximate surface area is 142 Å². The molecule has 0 aromatic heterocycles. The van der Waals surface area contributed by atoms with Gasteiger partial charge in [0, 0.05) is 38.4 Å². The lowest BCUT2D eigenvalue weighted by Gasteiger charge is -2.30. The van der Waals surface area contributed by atoms with Crippen LogP contribution in [-0.4, -0.2) is 74.8 Å². The van der Waals surface area contributed by atoms with Crippen LogP contribution in [0.2, 0.25) is 0 Å². The quantitative estimate of drug-likeness (QED) is 0.763. The summed E-state index contributed by atoms with van der Waals surface area (Å²) in [5.74, 6) is -0.320. The monoisotopic (exact) mass is 335 g/mol. The molecule has 1 heterocycles. The summed E-state index contributed by atoms with van der Waals surface area (Å²) in [6, 6.07) is 9.07. The summed E-state index contributed by atoms with van der Waals surface area (Å²) in [7, 11) is 1.35. The van der Waals surface area contributed by atoms with Crippen molar-refractivity contribution in [2.45, 2.75) is 6.42 Å². The number of methoxy groups -OCH3 is 1. The van der Waals surface area contributed by atoms with Crippen LogP contribution in [0.5, 0.6) is 0 Å². The van der Waals surface area contributed by atoms with Gasteiger partial charge < -0.3 is 19.7 Å².